The fourth-order valence-electron chi connectivity index (χ4n) is 3.96. The van der Waals surface area contributed by atoms with Crippen LogP contribution in [0.3, 0.4) is 0 Å². The number of aromatic nitrogens is 1. The van der Waals surface area contributed by atoms with Gasteiger partial charge in [-0.25, -0.2) is 0 Å². The molecule has 1 unspecified atom stereocenters. The van der Waals surface area contributed by atoms with Gasteiger partial charge in [0.25, 0.3) is 5.91 Å². The van der Waals surface area contributed by atoms with Crippen LogP contribution in [0, 0.1) is 0 Å². The first-order valence-corrected chi connectivity index (χ1v) is 10.5. The van der Waals surface area contributed by atoms with Crippen molar-refractivity contribution in [1.82, 2.24) is 9.88 Å². The molecule has 2 heterocycles. The highest BCUT2D eigenvalue weighted by atomic mass is 19.4. The molecule has 0 spiro atoms. The van der Waals surface area contributed by atoms with Gasteiger partial charge >= 0.3 is 6.36 Å². The lowest BCUT2D eigenvalue weighted by molar-refractivity contribution is -0.274. The van der Waals surface area contributed by atoms with E-state index in [4.69, 9.17) is 4.74 Å². The van der Waals surface area contributed by atoms with Crippen molar-refractivity contribution in [2.75, 3.05) is 13.1 Å². The van der Waals surface area contributed by atoms with Gasteiger partial charge in [-0.2, -0.15) is 0 Å². The standard InChI is InChI=1S/C24H23F3N2O3/c1-16(23(30)29-13-5-2-6-14-29)31-17-9-10-19-18(11-12-28-21(19)15-17)20-7-3-4-8-22(20)32-24(25,26)27/h3-4,7-12,15-16H,2,5-6,13-14H2,1H3. The van der Waals surface area contributed by atoms with E-state index in [0.717, 1.165) is 32.4 Å². The van der Waals surface area contributed by atoms with E-state index in [1.54, 1.807) is 43.3 Å². The molecule has 0 saturated carbocycles. The summed E-state index contributed by atoms with van der Waals surface area (Å²) in [5.41, 5.74) is 1.40. The van der Waals surface area contributed by atoms with E-state index >= 15 is 0 Å². The minimum absolute atomic E-state index is 0.0512. The number of para-hydroxylation sites is 1. The Morgan fingerprint density at radius 3 is 2.53 bits per heavy atom. The molecular weight excluding hydrogens is 421 g/mol. The van der Waals surface area contributed by atoms with E-state index in [1.165, 1.54) is 18.3 Å². The Morgan fingerprint density at radius 1 is 1.03 bits per heavy atom. The number of benzene rings is 2. The molecule has 32 heavy (non-hydrogen) atoms. The van der Waals surface area contributed by atoms with Crippen LogP contribution >= 0.6 is 0 Å². The molecule has 1 amide bonds. The van der Waals surface area contributed by atoms with Crippen molar-refractivity contribution in [2.45, 2.75) is 38.7 Å². The monoisotopic (exact) mass is 444 g/mol. The fraction of sp³-hybridized carbons (Fsp3) is 0.333. The molecule has 8 heteroatoms. The Bertz CT molecular complexity index is 1110. The summed E-state index contributed by atoms with van der Waals surface area (Å²) in [4.78, 5) is 18.8. The Morgan fingerprint density at radius 2 is 1.78 bits per heavy atom. The average Bonchev–Trinajstić information content (AvgIpc) is 2.78. The van der Waals surface area contributed by atoms with Crippen LogP contribution in [0.4, 0.5) is 13.2 Å². The van der Waals surface area contributed by atoms with Crippen molar-refractivity contribution in [3.05, 3.63) is 54.7 Å². The van der Waals surface area contributed by atoms with Gasteiger partial charge in [-0.15, -0.1) is 13.2 Å². The van der Waals surface area contributed by atoms with Gasteiger partial charge in [-0.1, -0.05) is 18.2 Å². The Hall–Kier alpha value is -3.29. The predicted molar refractivity (Wildman–Crippen MR) is 114 cm³/mol. The highest BCUT2D eigenvalue weighted by Gasteiger charge is 2.32. The third kappa shape index (κ3) is 4.95. The molecule has 0 N–H and O–H groups in total. The minimum atomic E-state index is -4.79. The van der Waals surface area contributed by atoms with Crippen LogP contribution in [0.15, 0.2) is 54.7 Å². The quantitative estimate of drug-likeness (QED) is 0.516. The van der Waals surface area contributed by atoms with Gasteiger partial charge in [-0.3, -0.25) is 9.78 Å². The average molecular weight is 444 g/mol. The Balaban J connectivity index is 1.60. The van der Waals surface area contributed by atoms with E-state index in [2.05, 4.69) is 9.72 Å². The summed E-state index contributed by atoms with van der Waals surface area (Å²) in [6.45, 7) is 3.21. The molecular formula is C24H23F3N2O3. The van der Waals surface area contributed by atoms with Crippen molar-refractivity contribution in [3.8, 4) is 22.6 Å². The largest absolute Gasteiger partial charge is 0.573 e. The first-order valence-electron chi connectivity index (χ1n) is 10.5. The van der Waals surface area contributed by atoms with E-state index in [1.807, 2.05) is 4.90 Å². The number of fused-ring (bicyclic) bond motifs is 1. The number of ether oxygens (including phenoxy) is 2. The van der Waals surface area contributed by atoms with Crippen LogP contribution < -0.4 is 9.47 Å². The van der Waals surface area contributed by atoms with Crippen molar-refractivity contribution in [3.63, 3.8) is 0 Å². The number of hydrogen-bond acceptors (Lipinski definition) is 4. The summed E-state index contributed by atoms with van der Waals surface area (Å²) >= 11 is 0. The van der Waals surface area contributed by atoms with Crippen LogP contribution in [0.5, 0.6) is 11.5 Å². The second-order valence-corrected chi connectivity index (χ2v) is 7.73. The minimum Gasteiger partial charge on any atom is -0.481 e. The number of pyridine rings is 1. The second-order valence-electron chi connectivity index (χ2n) is 7.73. The lowest BCUT2D eigenvalue weighted by Crippen LogP contribution is -2.43. The van der Waals surface area contributed by atoms with Crippen molar-refractivity contribution < 1.29 is 27.4 Å². The molecule has 1 aliphatic heterocycles. The normalized spacial score (nSPS) is 15.4. The van der Waals surface area contributed by atoms with E-state index < -0.39 is 12.5 Å². The molecule has 0 aliphatic carbocycles. The number of hydrogen-bond donors (Lipinski definition) is 0. The Kier molecular flexibility index (Phi) is 6.21. The molecule has 4 rings (SSSR count). The maximum Gasteiger partial charge on any atom is 0.573 e. The van der Waals surface area contributed by atoms with Gasteiger partial charge in [0.05, 0.1) is 5.52 Å². The van der Waals surface area contributed by atoms with Gasteiger partial charge in [0.1, 0.15) is 11.5 Å². The molecule has 3 aromatic rings. The number of halogens is 3. The lowest BCUT2D eigenvalue weighted by Gasteiger charge is -2.29. The molecule has 2 aromatic carbocycles. The lowest BCUT2D eigenvalue weighted by atomic mass is 10.0. The zero-order valence-electron chi connectivity index (χ0n) is 17.6. The zero-order chi connectivity index (χ0) is 22.7. The number of nitrogens with zero attached hydrogens (tertiary/aromatic N) is 2. The number of alkyl halides is 3. The first kappa shape index (κ1) is 21.9. The van der Waals surface area contributed by atoms with E-state index in [-0.39, 0.29) is 11.7 Å². The second kappa shape index (κ2) is 9.06. The number of likely N-dealkylation sites (tertiary alicyclic amines) is 1. The SMILES string of the molecule is CC(Oc1ccc2c(-c3ccccc3OC(F)(F)F)ccnc2c1)C(=O)N1CCCCC1. The topological polar surface area (TPSA) is 51.7 Å². The molecule has 0 bridgehead atoms. The third-order valence-electron chi connectivity index (χ3n) is 5.45. The zero-order valence-corrected chi connectivity index (χ0v) is 17.6. The van der Waals surface area contributed by atoms with Crippen molar-refractivity contribution in [1.29, 1.82) is 0 Å². The molecule has 1 aromatic heterocycles. The summed E-state index contributed by atoms with van der Waals surface area (Å²) in [5.74, 6) is 0.137. The van der Waals surface area contributed by atoms with Gasteiger partial charge in [0, 0.05) is 36.3 Å². The molecule has 168 valence electrons. The van der Waals surface area contributed by atoms with E-state index in [9.17, 15) is 18.0 Å². The van der Waals surface area contributed by atoms with Crippen LogP contribution in [0.1, 0.15) is 26.2 Å². The van der Waals surface area contributed by atoms with Gasteiger partial charge in [0.2, 0.25) is 0 Å². The number of carbonyl (C=O) groups is 1. The summed E-state index contributed by atoms with van der Waals surface area (Å²) in [7, 11) is 0. The molecule has 1 fully saturated rings. The van der Waals surface area contributed by atoms with E-state index in [0.29, 0.717) is 27.8 Å². The van der Waals surface area contributed by atoms with Crippen molar-refractivity contribution in [2.24, 2.45) is 0 Å². The number of piperidine rings is 1. The summed E-state index contributed by atoms with van der Waals surface area (Å²) in [6.07, 6.45) is -0.781. The molecule has 1 aliphatic rings. The van der Waals surface area contributed by atoms with Crippen LogP contribution in [-0.2, 0) is 4.79 Å². The smallest absolute Gasteiger partial charge is 0.481 e. The first-order chi connectivity index (χ1) is 15.3. The molecule has 5 nitrogen and oxygen atoms in total. The Labute approximate surface area is 183 Å². The van der Waals surface area contributed by atoms with Gasteiger partial charge in [-0.05, 0) is 56.0 Å². The van der Waals surface area contributed by atoms with Gasteiger partial charge in [0.15, 0.2) is 6.10 Å². The highest BCUT2D eigenvalue weighted by Crippen LogP contribution is 2.37. The maximum atomic E-state index is 12.8. The molecule has 1 atom stereocenters. The third-order valence-corrected chi connectivity index (χ3v) is 5.45. The summed E-state index contributed by atoms with van der Waals surface area (Å²) in [6, 6.07) is 12.7. The van der Waals surface area contributed by atoms with Crippen molar-refractivity contribution >= 4 is 16.8 Å². The summed E-state index contributed by atoms with van der Waals surface area (Å²) in [5, 5.41) is 0.646. The van der Waals surface area contributed by atoms with Gasteiger partial charge < -0.3 is 14.4 Å². The molecule has 0 radical (unpaired) electrons. The highest BCUT2D eigenvalue weighted by molar-refractivity contribution is 5.96. The van der Waals surface area contributed by atoms with Crippen LogP contribution in [-0.4, -0.2) is 41.3 Å². The predicted octanol–water partition coefficient (Wildman–Crippen LogP) is 5.58. The number of amides is 1. The summed E-state index contributed by atoms with van der Waals surface area (Å²) < 4.78 is 48.6. The maximum absolute atomic E-state index is 12.8. The van der Waals surface area contributed by atoms with Crippen LogP contribution in [0.25, 0.3) is 22.0 Å². The fourth-order valence-corrected chi connectivity index (χ4v) is 3.96. The number of rotatable bonds is 5. The van der Waals surface area contributed by atoms with Crippen LogP contribution in [0.2, 0.25) is 0 Å². The number of carbonyl (C=O) groups excluding carboxylic acids is 1. The molecule has 1 saturated heterocycles.